The lowest BCUT2D eigenvalue weighted by Gasteiger charge is -2.38. The fraction of sp³-hybridized carbons (Fsp3) is 0.778. The van der Waals surface area contributed by atoms with E-state index in [9.17, 15) is 4.79 Å². The Kier molecular flexibility index (Phi) is 3.45. The van der Waals surface area contributed by atoms with E-state index in [1.54, 1.807) is 0 Å². The normalized spacial score (nSPS) is 15.8. The monoisotopic (exact) mass is 224 g/mol. The maximum absolute atomic E-state index is 12.0. The lowest BCUT2D eigenvalue weighted by atomic mass is 10.1. The minimum atomic E-state index is 0.0839. The van der Waals surface area contributed by atoms with E-state index in [-0.39, 0.29) is 12.5 Å². The van der Waals surface area contributed by atoms with E-state index in [1.165, 1.54) is 11.0 Å². The van der Waals surface area contributed by atoms with Crippen LogP contribution in [0.1, 0.15) is 13.3 Å². The molecule has 0 radical (unpaired) electrons. The number of aromatic nitrogens is 4. The lowest BCUT2D eigenvalue weighted by Crippen LogP contribution is -2.59. The van der Waals surface area contributed by atoms with E-state index in [4.69, 9.17) is 0 Å². The second-order valence-corrected chi connectivity index (χ2v) is 3.91. The lowest BCUT2D eigenvalue weighted by molar-refractivity contribution is -0.135. The van der Waals surface area contributed by atoms with E-state index >= 15 is 0 Å². The van der Waals surface area contributed by atoms with Gasteiger partial charge in [-0.2, -0.15) is 0 Å². The van der Waals surface area contributed by atoms with Crippen LogP contribution in [-0.4, -0.2) is 56.7 Å². The third-order valence-electron chi connectivity index (χ3n) is 2.67. The molecule has 1 aliphatic rings. The van der Waals surface area contributed by atoms with Crippen LogP contribution in [0.4, 0.5) is 0 Å². The van der Waals surface area contributed by atoms with Crippen molar-refractivity contribution in [3.8, 4) is 0 Å². The summed E-state index contributed by atoms with van der Waals surface area (Å²) >= 11 is 0. The molecule has 0 unspecified atom stereocenters. The number of amides is 1. The molecule has 1 aromatic rings. The molecule has 1 aromatic heterocycles. The molecule has 16 heavy (non-hydrogen) atoms. The summed E-state index contributed by atoms with van der Waals surface area (Å²) in [5.74, 6) is 0.0839. The van der Waals surface area contributed by atoms with Crippen molar-refractivity contribution in [2.24, 2.45) is 0 Å². The standard InChI is InChI=1S/C9H16N6O/c1-2-3-15(8-4-10-5-8)9(16)6-14-7-11-12-13-14/h7-8,10H,2-6H2,1H3. The van der Waals surface area contributed by atoms with Gasteiger partial charge in [0.2, 0.25) is 5.91 Å². The van der Waals surface area contributed by atoms with Crippen molar-refractivity contribution in [2.45, 2.75) is 25.9 Å². The van der Waals surface area contributed by atoms with Gasteiger partial charge in [-0.1, -0.05) is 6.92 Å². The van der Waals surface area contributed by atoms with Gasteiger partial charge in [0.05, 0.1) is 6.04 Å². The number of tetrazole rings is 1. The van der Waals surface area contributed by atoms with Crippen molar-refractivity contribution in [2.75, 3.05) is 19.6 Å². The van der Waals surface area contributed by atoms with Crippen LogP contribution in [0.5, 0.6) is 0 Å². The highest BCUT2D eigenvalue weighted by Crippen LogP contribution is 2.07. The molecule has 2 heterocycles. The Labute approximate surface area is 93.8 Å². The van der Waals surface area contributed by atoms with Crippen molar-refractivity contribution in [3.63, 3.8) is 0 Å². The van der Waals surface area contributed by atoms with Crippen LogP contribution in [0.2, 0.25) is 0 Å². The fourth-order valence-corrected chi connectivity index (χ4v) is 1.73. The second-order valence-electron chi connectivity index (χ2n) is 3.91. The molecule has 0 bridgehead atoms. The van der Waals surface area contributed by atoms with Gasteiger partial charge in [-0.15, -0.1) is 5.10 Å². The van der Waals surface area contributed by atoms with Crippen molar-refractivity contribution in [3.05, 3.63) is 6.33 Å². The minimum absolute atomic E-state index is 0.0839. The zero-order valence-corrected chi connectivity index (χ0v) is 9.33. The third kappa shape index (κ3) is 2.35. The van der Waals surface area contributed by atoms with Crippen LogP contribution in [0.15, 0.2) is 6.33 Å². The van der Waals surface area contributed by atoms with Crippen LogP contribution in [-0.2, 0) is 11.3 Å². The smallest absolute Gasteiger partial charge is 0.244 e. The molecule has 88 valence electrons. The molecular formula is C9H16N6O. The van der Waals surface area contributed by atoms with E-state index in [1.807, 2.05) is 4.90 Å². The Morgan fingerprint density at radius 1 is 1.62 bits per heavy atom. The molecule has 1 amide bonds. The summed E-state index contributed by atoms with van der Waals surface area (Å²) in [5, 5.41) is 13.9. The summed E-state index contributed by atoms with van der Waals surface area (Å²) in [6.45, 7) is 4.88. The van der Waals surface area contributed by atoms with E-state index < -0.39 is 0 Å². The molecule has 1 N–H and O–H groups in total. The Bertz CT molecular complexity index is 334. The van der Waals surface area contributed by atoms with Crippen LogP contribution in [0.25, 0.3) is 0 Å². The van der Waals surface area contributed by atoms with Gasteiger partial charge < -0.3 is 10.2 Å². The zero-order chi connectivity index (χ0) is 11.4. The van der Waals surface area contributed by atoms with Gasteiger partial charge in [0.1, 0.15) is 12.9 Å². The highest BCUT2D eigenvalue weighted by atomic mass is 16.2. The Hall–Kier alpha value is -1.50. The summed E-state index contributed by atoms with van der Waals surface area (Å²) in [4.78, 5) is 13.9. The Morgan fingerprint density at radius 3 is 2.94 bits per heavy atom. The number of hydrogen-bond donors (Lipinski definition) is 1. The minimum Gasteiger partial charge on any atom is -0.336 e. The maximum atomic E-state index is 12.0. The molecule has 1 aliphatic heterocycles. The molecule has 0 atom stereocenters. The first-order valence-corrected chi connectivity index (χ1v) is 5.52. The number of rotatable bonds is 5. The number of carbonyl (C=O) groups is 1. The molecular weight excluding hydrogens is 208 g/mol. The maximum Gasteiger partial charge on any atom is 0.244 e. The summed E-state index contributed by atoms with van der Waals surface area (Å²) in [6.07, 6.45) is 2.43. The van der Waals surface area contributed by atoms with Gasteiger partial charge in [0.15, 0.2) is 0 Å². The van der Waals surface area contributed by atoms with Gasteiger partial charge in [-0.05, 0) is 16.8 Å². The molecule has 1 saturated heterocycles. The molecule has 0 saturated carbocycles. The first-order chi connectivity index (χ1) is 7.81. The zero-order valence-electron chi connectivity index (χ0n) is 9.33. The third-order valence-corrected chi connectivity index (χ3v) is 2.67. The Morgan fingerprint density at radius 2 is 2.44 bits per heavy atom. The van der Waals surface area contributed by atoms with Crippen LogP contribution < -0.4 is 5.32 Å². The van der Waals surface area contributed by atoms with E-state index in [2.05, 4.69) is 27.8 Å². The first-order valence-electron chi connectivity index (χ1n) is 5.52. The SMILES string of the molecule is CCCN(C(=O)Cn1cnnn1)C1CNC1. The fourth-order valence-electron chi connectivity index (χ4n) is 1.73. The molecule has 0 aromatic carbocycles. The molecule has 0 spiro atoms. The summed E-state index contributed by atoms with van der Waals surface area (Å²) < 4.78 is 1.46. The number of nitrogens with zero attached hydrogens (tertiary/aromatic N) is 5. The van der Waals surface area contributed by atoms with Crippen molar-refractivity contribution in [1.29, 1.82) is 0 Å². The topological polar surface area (TPSA) is 75.9 Å². The van der Waals surface area contributed by atoms with E-state index in [0.717, 1.165) is 26.1 Å². The number of carbonyl (C=O) groups excluding carboxylic acids is 1. The van der Waals surface area contributed by atoms with Crippen LogP contribution in [0.3, 0.4) is 0 Å². The first kappa shape index (κ1) is 11.0. The van der Waals surface area contributed by atoms with Gasteiger partial charge in [0, 0.05) is 19.6 Å². The second kappa shape index (κ2) is 5.02. The van der Waals surface area contributed by atoms with Gasteiger partial charge >= 0.3 is 0 Å². The number of nitrogens with one attached hydrogen (secondary N) is 1. The van der Waals surface area contributed by atoms with Gasteiger partial charge in [-0.25, -0.2) is 4.68 Å². The Balaban J connectivity index is 1.93. The average Bonchev–Trinajstić information content (AvgIpc) is 2.67. The predicted molar refractivity (Wildman–Crippen MR) is 56.5 cm³/mol. The summed E-state index contributed by atoms with van der Waals surface area (Å²) in [5.41, 5.74) is 0. The van der Waals surface area contributed by atoms with Crippen molar-refractivity contribution >= 4 is 5.91 Å². The summed E-state index contributed by atoms with van der Waals surface area (Å²) in [7, 11) is 0. The van der Waals surface area contributed by atoms with Crippen LogP contribution >= 0.6 is 0 Å². The van der Waals surface area contributed by atoms with Gasteiger partial charge in [0.25, 0.3) is 0 Å². The van der Waals surface area contributed by atoms with Crippen molar-refractivity contribution < 1.29 is 4.79 Å². The summed E-state index contributed by atoms with van der Waals surface area (Å²) in [6, 6.07) is 0.337. The highest BCUT2D eigenvalue weighted by Gasteiger charge is 2.27. The average molecular weight is 224 g/mol. The predicted octanol–water partition coefficient (Wildman–Crippen LogP) is -1.12. The highest BCUT2D eigenvalue weighted by molar-refractivity contribution is 5.76. The molecule has 2 rings (SSSR count). The number of hydrogen-bond acceptors (Lipinski definition) is 5. The van der Waals surface area contributed by atoms with E-state index in [0.29, 0.717) is 6.04 Å². The van der Waals surface area contributed by atoms with Crippen molar-refractivity contribution in [1.82, 2.24) is 30.4 Å². The molecule has 1 fully saturated rings. The molecule has 7 nitrogen and oxygen atoms in total. The van der Waals surface area contributed by atoms with Crippen LogP contribution in [0, 0.1) is 0 Å². The molecule has 7 heteroatoms. The molecule has 0 aliphatic carbocycles. The quantitative estimate of drug-likeness (QED) is 0.686. The largest absolute Gasteiger partial charge is 0.336 e. The van der Waals surface area contributed by atoms with Gasteiger partial charge in [-0.3, -0.25) is 4.79 Å².